The van der Waals surface area contributed by atoms with Crippen molar-refractivity contribution in [3.63, 3.8) is 0 Å². The molecule has 46 valence electrons. The summed E-state index contributed by atoms with van der Waals surface area (Å²) in [5.74, 6) is 0. The zero-order chi connectivity index (χ0) is 7.11. The van der Waals surface area contributed by atoms with Gasteiger partial charge in [-0.1, -0.05) is 24.8 Å². The maximum absolute atomic E-state index is 8.26. The van der Waals surface area contributed by atoms with Gasteiger partial charge in [-0.3, -0.25) is 0 Å². The molecule has 0 spiro atoms. The third-order valence-corrected chi connectivity index (χ3v) is 0.770. The minimum atomic E-state index is 0.702. The van der Waals surface area contributed by atoms with E-state index < -0.39 is 0 Å². The van der Waals surface area contributed by atoms with Crippen molar-refractivity contribution in [2.75, 3.05) is 0 Å². The van der Waals surface area contributed by atoms with E-state index in [2.05, 4.69) is 6.58 Å². The Morgan fingerprint density at radius 2 is 2.22 bits per heavy atom. The molecule has 0 radical (unpaired) electrons. The van der Waals surface area contributed by atoms with Crippen molar-refractivity contribution < 1.29 is 0 Å². The first-order valence-electron chi connectivity index (χ1n) is 2.67. The van der Waals surface area contributed by atoms with E-state index in [1.165, 1.54) is 0 Å². The Bertz CT molecular complexity index is 179. The second-order valence-corrected chi connectivity index (χ2v) is 1.58. The Hall–Kier alpha value is -1.29. The third-order valence-electron chi connectivity index (χ3n) is 0.770. The van der Waals surface area contributed by atoms with E-state index in [9.17, 15) is 0 Å². The van der Waals surface area contributed by atoms with Crippen LogP contribution in [-0.2, 0) is 0 Å². The molecular weight excluding hydrogens is 110 g/mol. The molecule has 0 aromatic rings. The lowest BCUT2D eigenvalue weighted by Gasteiger charge is -1.75. The van der Waals surface area contributed by atoms with Gasteiger partial charge in [0.2, 0.25) is 0 Å². The largest absolute Gasteiger partial charge is 0.193 e. The predicted molar refractivity (Wildman–Crippen MR) is 38.7 cm³/mol. The highest BCUT2D eigenvalue weighted by molar-refractivity contribution is 5.24. The SMILES string of the molecule is C=C/C=C/C=C(/C)C#N. The summed E-state index contributed by atoms with van der Waals surface area (Å²) in [6, 6.07) is 2.00. The van der Waals surface area contributed by atoms with Gasteiger partial charge in [-0.05, 0) is 13.0 Å². The molecule has 0 aliphatic carbocycles. The predicted octanol–water partition coefficient (Wildman–Crippen LogP) is 2.20. The van der Waals surface area contributed by atoms with Crippen LogP contribution >= 0.6 is 0 Å². The van der Waals surface area contributed by atoms with Crippen molar-refractivity contribution in [3.8, 4) is 6.07 Å². The van der Waals surface area contributed by atoms with Crippen molar-refractivity contribution in [1.82, 2.24) is 0 Å². The van der Waals surface area contributed by atoms with Crippen molar-refractivity contribution >= 4 is 0 Å². The molecule has 9 heavy (non-hydrogen) atoms. The molecule has 1 heteroatoms. The molecule has 0 unspecified atom stereocenters. The van der Waals surface area contributed by atoms with Crippen LogP contribution in [0.25, 0.3) is 0 Å². The van der Waals surface area contributed by atoms with Crippen LogP contribution in [-0.4, -0.2) is 0 Å². The lowest BCUT2D eigenvalue weighted by atomic mass is 10.3. The van der Waals surface area contributed by atoms with Crippen LogP contribution in [0, 0.1) is 11.3 Å². The molecule has 1 nitrogen and oxygen atoms in total. The topological polar surface area (TPSA) is 23.8 Å². The van der Waals surface area contributed by atoms with Crippen LogP contribution in [0.15, 0.2) is 36.5 Å². The summed E-state index contributed by atoms with van der Waals surface area (Å²) in [5, 5.41) is 8.26. The zero-order valence-corrected chi connectivity index (χ0v) is 5.46. The second-order valence-electron chi connectivity index (χ2n) is 1.58. The fraction of sp³-hybridized carbons (Fsp3) is 0.125. The first kappa shape index (κ1) is 7.71. The third kappa shape index (κ3) is 4.57. The molecule has 0 rings (SSSR count). The number of allylic oxidation sites excluding steroid dienone is 5. The van der Waals surface area contributed by atoms with E-state index in [-0.39, 0.29) is 0 Å². The minimum Gasteiger partial charge on any atom is -0.193 e. The molecule has 0 saturated heterocycles. The van der Waals surface area contributed by atoms with E-state index in [4.69, 9.17) is 5.26 Å². The molecule has 0 aromatic carbocycles. The molecule has 0 aliphatic heterocycles. The molecule has 0 bridgehead atoms. The van der Waals surface area contributed by atoms with E-state index in [1.807, 2.05) is 6.07 Å². The van der Waals surface area contributed by atoms with Gasteiger partial charge in [0.15, 0.2) is 0 Å². The Kier molecular flexibility index (Phi) is 4.16. The average molecular weight is 119 g/mol. The molecule has 0 N–H and O–H groups in total. The van der Waals surface area contributed by atoms with E-state index in [0.29, 0.717) is 5.57 Å². The van der Waals surface area contributed by atoms with Gasteiger partial charge < -0.3 is 0 Å². The molecule has 0 atom stereocenters. The van der Waals surface area contributed by atoms with Crippen LogP contribution in [0.3, 0.4) is 0 Å². The zero-order valence-electron chi connectivity index (χ0n) is 5.46. The molecular formula is C8H9N. The standard InChI is InChI=1S/C8H9N/c1-3-4-5-6-8(2)7-9/h3-6H,1H2,2H3/b5-4+,8-6-. The fourth-order valence-electron chi connectivity index (χ4n) is 0.316. The van der Waals surface area contributed by atoms with Gasteiger partial charge in [0, 0.05) is 5.57 Å². The average Bonchev–Trinajstić information content (AvgIpc) is 1.89. The molecule has 0 aliphatic rings. The van der Waals surface area contributed by atoms with Gasteiger partial charge >= 0.3 is 0 Å². The maximum Gasteiger partial charge on any atom is 0.0944 e. The van der Waals surface area contributed by atoms with Gasteiger partial charge in [0.25, 0.3) is 0 Å². The summed E-state index contributed by atoms with van der Waals surface area (Å²) in [6.45, 7) is 5.24. The highest BCUT2D eigenvalue weighted by Crippen LogP contribution is 1.88. The monoisotopic (exact) mass is 119 g/mol. The van der Waals surface area contributed by atoms with Crippen molar-refractivity contribution in [1.29, 1.82) is 5.26 Å². The van der Waals surface area contributed by atoms with Crippen LogP contribution in [0.1, 0.15) is 6.92 Å². The van der Waals surface area contributed by atoms with Gasteiger partial charge in [0.1, 0.15) is 0 Å². The normalized spacial score (nSPS) is 11.3. The number of nitrogens with zero attached hydrogens (tertiary/aromatic N) is 1. The van der Waals surface area contributed by atoms with Gasteiger partial charge in [-0.15, -0.1) is 0 Å². The Morgan fingerprint density at radius 3 is 2.67 bits per heavy atom. The summed E-state index contributed by atoms with van der Waals surface area (Å²) in [6.07, 6.45) is 6.97. The smallest absolute Gasteiger partial charge is 0.0944 e. The van der Waals surface area contributed by atoms with Crippen LogP contribution in [0.5, 0.6) is 0 Å². The van der Waals surface area contributed by atoms with Crippen molar-refractivity contribution in [3.05, 3.63) is 36.5 Å². The van der Waals surface area contributed by atoms with E-state index in [1.54, 1.807) is 31.2 Å². The number of nitriles is 1. The maximum atomic E-state index is 8.26. The lowest BCUT2D eigenvalue weighted by molar-refractivity contribution is 1.44. The molecule has 0 aromatic heterocycles. The van der Waals surface area contributed by atoms with Crippen molar-refractivity contribution in [2.45, 2.75) is 6.92 Å². The van der Waals surface area contributed by atoms with Crippen molar-refractivity contribution in [2.24, 2.45) is 0 Å². The summed E-state index contributed by atoms with van der Waals surface area (Å²) >= 11 is 0. The molecule has 0 heterocycles. The van der Waals surface area contributed by atoms with Gasteiger partial charge in [0.05, 0.1) is 6.07 Å². The van der Waals surface area contributed by atoms with Gasteiger partial charge in [-0.2, -0.15) is 5.26 Å². The number of hydrogen-bond acceptors (Lipinski definition) is 1. The summed E-state index contributed by atoms with van der Waals surface area (Å²) in [7, 11) is 0. The Balaban J connectivity index is 3.86. The first-order valence-corrected chi connectivity index (χ1v) is 2.67. The van der Waals surface area contributed by atoms with Crippen LogP contribution in [0.4, 0.5) is 0 Å². The van der Waals surface area contributed by atoms with E-state index in [0.717, 1.165) is 0 Å². The molecule has 0 amide bonds. The molecule has 0 fully saturated rings. The lowest BCUT2D eigenvalue weighted by Crippen LogP contribution is -1.61. The molecule has 0 saturated carbocycles. The summed E-state index contributed by atoms with van der Waals surface area (Å²) < 4.78 is 0. The van der Waals surface area contributed by atoms with E-state index >= 15 is 0 Å². The quantitative estimate of drug-likeness (QED) is 0.404. The Morgan fingerprint density at radius 1 is 1.56 bits per heavy atom. The van der Waals surface area contributed by atoms with Gasteiger partial charge in [-0.25, -0.2) is 0 Å². The Labute approximate surface area is 55.6 Å². The van der Waals surface area contributed by atoms with Crippen LogP contribution in [0.2, 0.25) is 0 Å². The highest BCUT2D eigenvalue weighted by Gasteiger charge is 1.74. The second kappa shape index (κ2) is 4.86. The summed E-state index contributed by atoms with van der Waals surface area (Å²) in [5.41, 5.74) is 0.702. The number of hydrogen-bond donors (Lipinski definition) is 0. The summed E-state index contributed by atoms with van der Waals surface area (Å²) in [4.78, 5) is 0. The fourth-order valence-corrected chi connectivity index (χ4v) is 0.316. The number of rotatable bonds is 2. The minimum absolute atomic E-state index is 0.702. The highest BCUT2D eigenvalue weighted by atomic mass is 14.2. The first-order chi connectivity index (χ1) is 4.31. The van der Waals surface area contributed by atoms with Crippen LogP contribution < -0.4 is 0 Å².